The van der Waals surface area contributed by atoms with Gasteiger partial charge in [0.2, 0.25) is 5.88 Å². The summed E-state index contributed by atoms with van der Waals surface area (Å²) in [4.78, 5) is 23.1. The van der Waals surface area contributed by atoms with Gasteiger partial charge in [-0.2, -0.15) is 0 Å². The summed E-state index contributed by atoms with van der Waals surface area (Å²) in [5.74, 6) is -0.943. The summed E-state index contributed by atoms with van der Waals surface area (Å²) in [5.41, 5.74) is 1.28. The number of carbonyl (C=O) groups is 1. The van der Waals surface area contributed by atoms with Crippen LogP contribution < -0.4 is 4.74 Å². The largest absolute Gasteiger partial charge is 0.472 e. The van der Waals surface area contributed by atoms with Gasteiger partial charge in [-0.15, -0.1) is 11.3 Å². The second-order valence-electron chi connectivity index (χ2n) is 10.3. The van der Waals surface area contributed by atoms with Crippen molar-refractivity contribution < 1.29 is 27.8 Å². The number of carbonyl (C=O) groups excluding carboxylic acids is 1. The molecule has 0 radical (unpaired) electrons. The van der Waals surface area contributed by atoms with Crippen molar-refractivity contribution >= 4 is 27.6 Å². The maximum absolute atomic E-state index is 14.4. The zero-order valence-corrected chi connectivity index (χ0v) is 20.6. The van der Waals surface area contributed by atoms with Crippen LogP contribution in [0.5, 0.6) is 5.88 Å². The van der Waals surface area contributed by atoms with Crippen LogP contribution in [0.15, 0.2) is 29.9 Å². The Morgan fingerprint density at radius 3 is 2.60 bits per heavy atom. The lowest BCUT2D eigenvalue weighted by atomic mass is 9.84. The summed E-state index contributed by atoms with van der Waals surface area (Å²) in [6, 6.07) is 3.49. The Bertz CT molecular complexity index is 1230. The number of piperidine rings is 1. The Morgan fingerprint density at radius 2 is 1.91 bits per heavy atom. The number of halogens is 2. The minimum atomic E-state index is -0.650. The molecule has 2 unspecified atom stereocenters. The Balaban J connectivity index is 1.36. The molecule has 0 spiro atoms. The van der Waals surface area contributed by atoms with Crippen molar-refractivity contribution in [1.82, 2.24) is 14.9 Å². The molecule has 1 aromatic carbocycles. The third-order valence-electron chi connectivity index (χ3n) is 6.18. The van der Waals surface area contributed by atoms with Crippen LogP contribution in [0.25, 0.3) is 21.3 Å². The van der Waals surface area contributed by atoms with Crippen molar-refractivity contribution in [3.05, 3.63) is 41.5 Å². The van der Waals surface area contributed by atoms with Gasteiger partial charge in [0.15, 0.2) is 0 Å². The number of hydrogen-bond donors (Lipinski definition) is 0. The van der Waals surface area contributed by atoms with Crippen LogP contribution in [0.2, 0.25) is 0 Å². The highest BCUT2D eigenvalue weighted by Crippen LogP contribution is 2.40. The Labute approximate surface area is 206 Å². The van der Waals surface area contributed by atoms with E-state index in [0.717, 1.165) is 6.07 Å². The number of fused-ring (bicyclic) bond motifs is 3. The molecule has 0 N–H and O–H groups in total. The Morgan fingerprint density at radius 1 is 1.17 bits per heavy atom. The van der Waals surface area contributed by atoms with E-state index in [2.05, 4.69) is 9.97 Å². The van der Waals surface area contributed by atoms with Gasteiger partial charge in [-0.05, 0) is 17.5 Å². The number of amides is 1. The van der Waals surface area contributed by atoms with Gasteiger partial charge in [0.05, 0.1) is 25.3 Å². The third-order valence-corrected chi connectivity index (χ3v) is 7.14. The van der Waals surface area contributed by atoms with E-state index in [1.54, 1.807) is 10.3 Å². The second kappa shape index (κ2) is 9.31. The van der Waals surface area contributed by atoms with Crippen LogP contribution in [0.1, 0.15) is 20.8 Å². The zero-order valence-electron chi connectivity index (χ0n) is 19.8. The molecule has 3 aromatic rings. The summed E-state index contributed by atoms with van der Waals surface area (Å²) in [7, 11) is 0. The van der Waals surface area contributed by atoms with E-state index in [9.17, 15) is 13.6 Å². The van der Waals surface area contributed by atoms with Crippen LogP contribution in [-0.2, 0) is 9.47 Å². The summed E-state index contributed by atoms with van der Waals surface area (Å²) >= 11 is 1.35. The predicted octanol–water partition coefficient (Wildman–Crippen LogP) is 5.14. The first-order chi connectivity index (χ1) is 16.7. The van der Waals surface area contributed by atoms with Crippen molar-refractivity contribution in [1.29, 1.82) is 0 Å². The fraction of sp³-hybridized carbons (Fsp3) is 0.480. The van der Waals surface area contributed by atoms with Gasteiger partial charge in [-0.3, -0.25) is 0 Å². The smallest absolute Gasteiger partial charge is 0.409 e. The molecule has 5 rings (SSSR count). The van der Waals surface area contributed by atoms with Crippen LogP contribution >= 0.6 is 11.3 Å². The quantitative estimate of drug-likeness (QED) is 0.491. The van der Waals surface area contributed by atoms with Crippen LogP contribution in [-0.4, -0.2) is 60.0 Å². The molecule has 2 bridgehead atoms. The van der Waals surface area contributed by atoms with E-state index in [1.165, 1.54) is 29.8 Å². The summed E-state index contributed by atoms with van der Waals surface area (Å²) in [6.07, 6.45) is 0.881. The number of hydrogen-bond acceptors (Lipinski definition) is 7. The van der Waals surface area contributed by atoms with E-state index in [-0.39, 0.29) is 35.0 Å². The average molecular weight is 504 g/mol. The van der Waals surface area contributed by atoms with E-state index < -0.39 is 11.6 Å². The standard InChI is InChI=1S/C25H27F2N3O4S/c1-25(2,3)12-33-24(31)30-7-14-9-32-10-15(8-30)21(14)34-23-22-20(28-13-29-23)18(11-35-22)17-5-4-16(26)6-19(17)27/h4-6,11,13-15,21H,7-10,12H2,1-3H3. The minimum absolute atomic E-state index is 0.0383. The summed E-state index contributed by atoms with van der Waals surface area (Å²) < 4.78 is 46.2. The maximum atomic E-state index is 14.4. The van der Waals surface area contributed by atoms with Crippen molar-refractivity contribution in [2.75, 3.05) is 32.9 Å². The molecule has 186 valence electrons. The molecule has 2 saturated heterocycles. The van der Waals surface area contributed by atoms with Crippen molar-refractivity contribution in [3.8, 4) is 17.0 Å². The number of rotatable bonds is 4. The number of benzene rings is 1. The maximum Gasteiger partial charge on any atom is 0.409 e. The lowest BCUT2D eigenvalue weighted by Gasteiger charge is -2.45. The summed E-state index contributed by atoms with van der Waals surface area (Å²) in [6.45, 7) is 8.28. The molecule has 0 saturated carbocycles. The number of aromatic nitrogens is 2. The Kier molecular flexibility index (Phi) is 6.35. The normalized spacial score (nSPS) is 22.3. The van der Waals surface area contributed by atoms with Crippen LogP contribution in [0.4, 0.5) is 13.6 Å². The van der Waals surface area contributed by atoms with Gasteiger partial charge in [0.1, 0.15) is 28.8 Å². The molecule has 2 fully saturated rings. The predicted molar refractivity (Wildman–Crippen MR) is 127 cm³/mol. The van der Waals surface area contributed by atoms with Gasteiger partial charge >= 0.3 is 6.09 Å². The van der Waals surface area contributed by atoms with E-state index in [4.69, 9.17) is 14.2 Å². The third kappa shape index (κ3) is 4.95. The van der Waals surface area contributed by atoms with Crippen LogP contribution in [0.3, 0.4) is 0 Å². The van der Waals surface area contributed by atoms with Gasteiger partial charge in [-0.1, -0.05) is 20.8 Å². The SMILES string of the molecule is CC(C)(C)COC(=O)N1CC2COCC(C1)C2Oc1ncnc2c(-c3ccc(F)cc3F)csc12. The Hall–Kier alpha value is -2.85. The number of ether oxygens (including phenoxy) is 3. The van der Waals surface area contributed by atoms with Gasteiger partial charge in [-0.25, -0.2) is 23.5 Å². The van der Waals surface area contributed by atoms with Gasteiger partial charge < -0.3 is 19.1 Å². The highest BCUT2D eigenvalue weighted by Gasteiger charge is 2.44. The van der Waals surface area contributed by atoms with Gasteiger partial charge in [0, 0.05) is 47.5 Å². The molecule has 2 aromatic heterocycles. The molecule has 2 atom stereocenters. The molecule has 35 heavy (non-hydrogen) atoms. The number of likely N-dealkylation sites (tertiary alicyclic amines) is 1. The zero-order chi connectivity index (χ0) is 24.7. The average Bonchev–Trinajstić information content (AvgIpc) is 3.22. The molecule has 2 aliphatic heterocycles. The highest BCUT2D eigenvalue weighted by molar-refractivity contribution is 7.18. The lowest BCUT2D eigenvalue weighted by Crippen LogP contribution is -2.58. The second-order valence-corrected chi connectivity index (χ2v) is 11.2. The number of thiophene rings is 1. The lowest BCUT2D eigenvalue weighted by molar-refractivity contribution is -0.110. The van der Waals surface area contributed by atoms with E-state index in [0.29, 0.717) is 54.6 Å². The molecule has 4 heterocycles. The summed E-state index contributed by atoms with van der Waals surface area (Å²) in [5, 5.41) is 1.78. The number of nitrogens with zero attached hydrogens (tertiary/aromatic N) is 3. The van der Waals surface area contributed by atoms with Crippen LogP contribution in [0, 0.1) is 28.9 Å². The topological polar surface area (TPSA) is 73.8 Å². The van der Waals surface area contributed by atoms with Gasteiger partial charge in [0.25, 0.3) is 0 Å². The van der Waals surface area contributed by atoms with Crippen molar-refractivity contribution in [2.45, 2.75) is 26.9 Å². The molecule has 2 aliphatic rings. The first kappa shape index (κ1) is 23.9. The molecule has 0 aliphatic carbocycles. The molecule has 7 nitrogen and oxygen atoms in total. The van der Waals surface area contributed by atoms with Crippen molar-refractivity contribution in [2.24, 2.45) is 17.3 Å². The minimum Gasteiger partial charge on any atom is -0.472 e. The molecular formula is C25H27F2N3O4S. The molecule has 10 heteroatoms. The highest BCUT2D eigenvalue weighted by atomic mass is 32.1. The molecular weight excluding hydrogens is 476 g/mol. The fourth-order valence-electron chi connectivity index (χ4n) is 4.55. The van der Waals surface area contributed by atoms with E-state index >= 15 is 0 Å². The van der Waals surface area contributed by atoms with E-state index in [1.807, 2.05) is 20.8 Å². The van der Waals surface area contributed by atoms with Crippen molar-refractivity contribution in [3.63, 3.8) is 0 Å². The first-order valence-corrected chi connectivity index (χ1v) is 12.4. The fourth-order valence-corrected chi connectivity index (χ4v) is 5.50. The first-order valence-electron chi connectivity index (χ1n) is 11.5. The monoisotopic (exact) mass is 503 g/mol. The molecule has 1 amide bonds.